The number of phenolic OH excluding ortho intramolecular Hbond substituents is 1. The minimum absolute atomic E-state index is 0.00201. The summed E-state index contributed by atoms with van der Waals surface area (Å²) in [7, 11) is 1.47. The van der Waals surface area contributed by atoms with Gasteiger partial charge >= 0.3 is 0 Å². The molecule has 272 valence electrons. The number of hydrogen-bond donors (Lipinski definition) is 5. The van der Waals surface area contributed by atoms with Crippen LogP contribution in [-0.4, -0.2) is 69.9 Å². The smallest absolute Gasteiger partial charge is 0.173 e. The van der Waals surface area contributed by atoms with Gasteiger partial charge in [0.1, 0.15) is 5.82 Å². The molecule has 2 aliphatic carbocycles. The molecule has 0 saturated heterocycles. The molecule has 1 heterocycles. The molecule has 5 N–H and O–H groups in total. The van der Waals surface area contributed by atoms with Crippen molar-refractivity contribution in [2.45, 2.75) is 76.7 Å². The van der Waals surface area contributed by atoms with Crippen LogP contribution in [0.5, 0.6) is 11.5 Å². The molecule has 2 aliphatic rings. The number of aliphatic hydroxyl groups excluding tert-OH is 3. The predicted octanol–water partition coefficient (Wildman–Crippen LogP) is 5.47. The molecule has 0 aliphatic heterocycles. The summed E-state index contributed by atoms with van der Waals surface area (Å²) in [4.78, 5) is 32.2. The van der Waals surface area contributed by atoms with Gasteiger partial charge in [-0.1, -0.05) is 55.5 Å². The van der Waals surface area contributed by atoms with Crippen molar-refractivity contribution in [3.05, 3.63) is 83.0 Å². The van der Waals surface area contributed by atoms with E-state index < -0.39 is 35.4 Å². The van der Waals surface area contributed by atoms with E-state index in [4.69, 9.17) is 4.74 Å². The number of Topliss-reactive ketones (excluding diaryl/α,β-unsaturated/α-hetero) is 2. The number of ether oxygens (including phenoxy) is 1. The van der Waals surface area contributed by atoms with Crippen LogP contribution >= 0.6 is 0 Å². The van der Waals surface area contributed by atoms with Crippen molar-refractivity contribution in [1.82, 2.24) is 4.98 Å². The number of phenols is 1. The topological polar surface area (TPSA) is 149 Å². The highest BCUT2D eigenvalue weighted by molar-refractivity contribution is 6.06. The summed E-state index contributed by atoms with van der Waals surface area (Å²) in [5, 5.41) is 45.3. The fourth-order valence-corrected chi connectivity index (χ4v) is 8.04. The minimum Gasteiger partial charge on any atom is -0.504 e. The molecule has 2 aromatic carbocycles. The van der Waals surface area contributed by atoms with Crippen LogP contribution in [0, 0.1) is 41.4 Å². The first-order valence-electron chi connectivity index (χ1n) is 18.4. The van der Waals surface area contributed by atoms with E-state index in [9.17, 15) is 30.0 Å². The third-order valence-electron chi connectivity index (χ3n) is 10.7. The van der Waals surface area contributed by atoms with Crippen LogP contribution in [-0.2, 0) is 22.4 Å². The monoisotopic (exact) mass is 696 g/mol. The molecule has 7 atom stereocenters. The summed E-state index contributed by atoms with van der Waals surface area (Å²) in [6, 6.07) is 17.2. The highest BCUT2D eigenvalue weighted by atomic mass is 16.5. The maximum Gasteiger partial charge on any atom is 0.173 e. The van der Waals surface area contributed by atoms with Crippen molar-refractivity contribution in [2.75, 3.05) is 32.2 Å². The molecule has 0 amide bonds. The highest BCUT2D eigenvalue weighted by Crippen LogP contribution is 2.43. The van der Waals surface area contributed by atoms with E-state index in [0.717, 1.165) is 47.3 Å². The van der Waals surface area contributed by atoms with E-state index in [0.29, 0.717) is 32.2 Å². The summed E-state index contributed by atoms with van der Waals surface area (Å²) in [5.74, 6) is 5.49. The zero-order chi connectivity index (χ0) is 36.3. The SMILES string of the molecule is CCCC(CO)C1CC(Cc2ccnc(NCCCO)c2)CC2C#CC(c3ccccc3)c3cc(O)c(OC)cc3CCC(=O)C(O)C(=O)C2C1. The first kappa shape index (κ1) is 38.0. The minimum atomic E-state index is -1.77. The lowest BCUT2D eigenvalue weighted by Gasteiger charge is -2.29. The quantitative estimate of drug-likeness (QED) is 0.0944. The first-order chi connectivity index (χ1) is 24.8. The van der Waals surface area contributed by atoms with Crippen LogP contribution < -0.4 is 10.1 Å². The van der Waals surface area contributed by atoms with Crippen LogP contribution in [0.15, 0.2) is 60.8 Å². The van der Waals surface area contributed by atoms with Gasteiger partial charge < -0.3 is 30.5 Å². The van der Waals surface area contributed by atoms with E-state index in [1.54, 1.807) is 18.3 Å². The number of nitrogens with zero attached hydrogens (tertiary/aromatic N) is 1. The van der Waals surface area contributed by atoms with Crippen molar-refractivity contribution in [1.29, 1.82) is 0 Å². The van der Waals surface area contributed by atoms with Crippen LogP contribution in [0.3, 0.4) is 0 Å². The van der Waals surface area contributed by atoms with Crippen LogP contribution in [0.4, 0.5) is 5.82 Å². The number of hydrogen-bond acceptors (Lipinski definition) is 9. The third kappa shape index (κ3) is 9.56. The van der Waals surface area contributed by atoms with Gasteiger partial charge in [-0.2, -0.15) is 0 Å². The second-order valence-corrected chi connectivity index (χ2v) is 14.2. The van der Waals surface area contributed by atoms with Gasteiger partial charge in [-0.05, 0) is 109 Å². The Morgan fingerprint density at radius 2 is 1.82 bits per heavy atom. The number of methoxy groups -OCH3 is 1. The Bertz CT molecular complexity index is 1680. The molecule has 9 heteroatoms. The summed E-state index contributed by atoms with van der Waals surface area (Å²) >= 11 is 0. The fraction of sp³-hybridized carbons (Fsp3) is 0.500. The summed E-state index contributed by atoms with van der Waals surface area (Å²) in [5.41, 5.74) is 3.51. The molecule has 5 rings (SSSR count). The van der Waals surface area contributed by atoms with Gasteiger partial charge in [0.05, 0.1) is 13.0 Å². The van der Waals surface area contributed by atoms with Gasteiger partial charge in [0.2, 0.25) is 0 Å². The van der Waals surface area contributed by atoms with Gasteiger partial charge in [0.25, 0.3) is 0 Å². The molecule has 0 spiro atoms. The molecular formula is C42H52N2O7. The van der Waals surface area contributed by atoms with E-state index in [1.165, 1.54) is 7.11 Å². The first-order valence-corrected chi connectivity index (χ1v) is 18.4. The number of fused-ring (bicyclic) bond motifs is 2. The number of aromatic nitrogens is 1. The molecule has 3 aromatic rings. The lowest BCUT2D eigenvalue weighted by atomic mass is 9.75. The maximum atomic E-state index is 14.3. The van der Waals surface area contributed by atoms with Gasteiger partial charge in [0, 0.05) is 44.2 Å². The van der Waals surface area contributed by atoms with Crippen molar-refractivity contribution in [3.63, 3.8) is 0 Å². The summed E-state index contributed by atoms with van der Waals surface area (Å²) < 4.78 is 5.41. The van der Waals surface area contributed by atoms with Gasteiger partial charge in [-0.25, -0.2) is 4.98 Å². The Hall–Kier alpha value is -4.23. The average Bonchev–Trinajstić information content (AvgIpc) is 3.32. The van der Waals surface area contributed by atoms with E-state index in [2.05, 4.69) is 29.1 Å². The molecule has 0 bridgehead atoms. The number of rotatable bonds is 12. The molecule has 7 unspecified atom stereocenters. The predicted molar refractivity (Wildman–Crippen MR) is 196 cm³/mol. The fourth-order valence-electron chi connectivity index (χ4n) is 8.04. The maximum absolute atomic E-state index is 14.3. The number of carbonyl (C=O) groups excluding carboxylic acids is 2. The Morgan fingerprint density at radius 1 is 1.02 bits per heavy atom. The van der Waals surface area contributed by atoms with E-state index >= 15 is 0 Å². The summed E-state index contributed by atoms with van der Waals surface area (Å²) in [6.07, 6.45) is 4.97. The Kier molecular flexibility index (Phi) is 13.7. The largest absolute Gasteiger partial charge is 0.504 e. The number of benzene rings is 2. The van der Waals surface area contributed by atoms with Crippen molar-refractivity contribution in [3.8, 4) is 23.3 Å². The average molecular weight is 697 g/mol. The number of anilines is 1. The van der Waals surface area contributed by atoms with Gasteiger partial charge in [-0.15, -0.1) is 0 Å². The molecule has 51 heavy (non-hydrogen) atoms. The molecule has 1 aromatic heterocycles. The van der Waals surface area contributed by atoms with E-state index in [-0.39, 0.29) is 55.3 Å². The zero-order valence-electron chi connectivity index (χ0n) is 29.8. The van der Waals surface area contributed by atoms with Crippen molar-refractivity contribution in [2.24, 2.45) is 29.6 Å². The number of nitrogens with one attached hydrogen (secondary N) is 1. The number of aromatic hydroxyl groups is 1. The number of carbonyl (C=O) groups is 2. The second kappa shape index (κ2) is 18.3. The Balaban J connectivity index is 1.62. The molecule has 1 saturated carbocycles. The standard InChI is InChI=1S/C42H52N2O7/c1-3-8-32(26-46)33-21-28(19-27-15-17-44-40(22-27)43-16-7-18-45)20-30-11-13-34(29-9-5-4-6-10-29)35-25-38(48)39(51-2)24-31(35)12-14-37(47)42(50)41(49)36(30)23-33/h4-6,9-10,15,17,22,24-25,28,30,32-34,36,42,45-46,48,50H,3,7-8,12,14,16,18-21,23,26H2,1-2H3,(H,43,44). The normalized spacial score (nSPS) is 24.4. The van der Waals surface area contributed by atoms with Gasteiger partial charge in [-0.3, -0.25) is 9.59 Å². The summed E-state index contributed by atoms with van der Waals surface area (Å²) in [6.45, 7) is 2.78. The number of pyridine rings is 1. The Morgan fingerprint density at radius 3 is 2.55 bits per heavy atom. The molecule has 0 radical (unpaired) electrons. The second-order valence-electron chi connectivity index (χ2n) is 14.2. The van der Waals surface area contributed by atoms with Crippen LogP contribution in [0.2, 0.25) is 0 Å². The van der Waals surface area contributed by atoms with Crippen molar-refractivity contribution >= 4 is 17.4 Å². The highest BCUT2D eigenvalue weighted by Gasteiger charge is 2.42. The molecular weight excluding hydrogens is 644 g/mol. The molecule has 9 nitrogen and oxygen atoms in total. The van der Waals surface area contributed by atoms with Gasteiger partial charge in [0.15, 0.2) is 29.2 Å². The Labute approximate surface area is 301 Å². The number of aliphatic hydroxyl groups is 3. The van der Waals surface area contributed by atoms with Crippen molar-refractivity contribution < 1.29 is 34.8 Å². The number of ketones is 2. The van der Waals surface area contributed by atoms with Crippen LogP contribution in [0.25, 0.3) is 0 Å². The van der Waals surface area contributed by atoms with E-state index in [1.807, 2.05) is 42.5 Å². The number of aryl methyl sites for hydroxylation is 1. The van der Waals surface area contributed by atoms with Crippen LogP contribution in [0.1, 0.15) is 80.0 Å². The third-order valence-corrected chi connectivity index (χ3v) is 10.7. The zero-order valence-corrected chi connectivity index (χ0v) is 29.8. The molecule has 1 fully saturated rings. The lowest BCUT2D eigenvalue weighted by molar-refractivity contribution is -0.142. The lowest BCUT2D eigenvalue weighted by Crippen LogP contribution is -2.39.